The van der Waals surface area contributed by atoms with E-state index in [1.54, 1.807) is 25.1 Å². The number of halogens is 2. The average Bonchev–Trinajstić information content (AvgIpc) is 2.92. The van der Waals surface area contributed by atoms with Crippen LogP contribution in [-0.4, -0.2) is 50.0 Å². The molecule has 0 unspecified atom stereocenters. The summed E-state index contributed by atoms with van der Waals surface area (Å²) in [7, 11) is 1.36. The number of rotatable bonds is 10. The summed E-state index contributed by atoms with van der Waals surface area (Å²) in [6.07, 6.45) is 1.71. The van der Waals surface area contributed by atoms with Crippen molar-refractivity contribution in [2.24, 2.45) is 0 Å². The Labute approximate surface area is 229 Å². The van der Waals surface area contributed by atoms with Gasteiger partial charge in [0.05, 0.1) is 23.1 Å². The van der Waals surface area contributed by atoms with E-state index in [9.17, 15) is 19.2 Å². The van der Waals surface area contributed by atoms with E-state index in [2.05, 4.69) is 0 Å². The molecule has 0 atom stereocenters. The van der Waals surface area contributed by atoms with E-state index in [1.807, 2.05) is 0 Å². The maximum atomic E-state index is 15.4. The Kier molecular flexibility index (Phi) is 10.9. The Hall–Kier alpha value is -3.21. The van der Waals surface area contributed by atoms with Gasteiger partial charge in [-0.1, -0.05) is 29.8 Å². The number of carbonyl (C=O) groups excluding carboxylic acids is 4. The third-order valence-electron chi connectivity index (χ3n) is 5.60. The highest BCUT2D eigenvalue weighted by Gasteiger charge is 2.34. The normalized spacial score (nSPS) is 13.2. The van der Waals surface area contributed by atoms with Crippen LogP contribution in [0.1, 0.15) is 43.0 Å². The van der Waals surface area contributed by atoms with Gasteiger partial charge in [0.1, 0.15) is 5.82 Å². The van der Waals surface area contributed by atoms with Crippen molar-refractivity contribution in [3.63, 3.8) is 0 Å². The maximum absolute atomic E-state index is 15.4. The smallest absolute Gasteiger partial charge is 0.336 e. The van der Waals surface area contributed by atoms with Gasteiger partial charge in [-0.25, -0.2) is 14.1 Å². The minimum Gasteiger partial charge on any atom is -0.465 e. The summed E-state index contributed by atoms with van der Waals surface area (Å²) in [5.74, 6) is -3.90. The number of carbonyl (C=O) groups is 4. The molecule has 0 aromatic heterocycles. The number of thioether (sulfide) groups is 1. The van der Waals surface area contributed by atoms with Crippen molar-refractivity contribution in [1.29, 1.82) is 0 Å². The Morgan fingerprint density at radius 2 is 1.68 bits per heavy atom. The van der Waals surface area contributed by atoms with E-state index >= 15 is 4.39 Å². The largest absolute Gasteiger partial charge is 0.465 e. The number of methoxy groups -OCH3 is 1. The zero-order valence-electron chi connectivity index (χ0n) is 21.0. The molecule has 0 saturated heterocycles. The van der Waals surface area contributed by atoms with Crippen LogP contribution in [0.15, 0.2) is 58.5 Å². The number of ether oxygens (including phenoxy) is 3. The second-order valence-corrected chi connectivity index (χ2v) is 9.57. The Bertz CT molecular complexity index is 1240. The molecular weight excluding hydrogens is 537 g/mol. The summed E-state index contributed by atoms with van der Waals surface area (Å²) in [6.45, 7) is 1.56. The molecule has 3 rings (SSSR count). The minimum absolute atomic E-state index is 0.000761. The molecule has 1 aliphatic carbocycles. The molecule has 8 nitrogen and oxygen atoms in total. The number of benzene rings is 2. The molecule has 1 aliphatic rings. The van der Waals surface area contributed by atoms with Gasteiger partial charge in [-0.2, -0.15) is 0 Å². The number of hydrogen-bond acceptors (Lipinski definition) is 8. The van der Waals surface area contributed by atoms with Gasteiger partial charge in [-0.3, -0.25) is 14.4 Å². The fourth-order valence-corrected chi connectivity index (χ4v) is 4.92. The molecule has 11 heteroatoms. The van der Waals surface area contributed by atoms with Crippen LogP contribution in [0.25, 0.3) is 0 Å². The molecule has 0 radical (unpaired) electrons. The molecule has 0 N–H and O–H groups in total. The Balaban J connectivity index is 2.10. The van der Waals surface area contributed by atoms with E-state index in [0.717, 1.165) is 17.8 Å². The molecule has 0 heterocycles. The van der Waals surface area contributed by atoms with E-state index < -0.39 is 29.6 Å². The quantitative estimate of drug-likeness (QED) is 0.166. The number of imide groups is 1. The maximum Gasteiger partial charge on any atom is 0.336 e. The van der Waals surface area contributed by atoms with Crippen molar-refractivity contribution < 1.29 is 37.8 Å². The zero-order valence-corrected chi connectivity index (χ0v) is 22.5. The van der Waals surface area contributed by atoms with Crippen molar-refractivity contribution >= 4 is 52.8 Å². The fraction of sp³-hybridized carbons (Fsp3) is 0.333. The van der Waals surface area contributed by atoms with Crippen LogP contribution in [0.3, 0.4) is 0 Å². The molecule has 0 spiro atoms. The molecule has 2 amide bonds. The third-order valence-corrected chi connectivity index (χ3v) is 7.05. The van der Waals surface area contributed by atoms with Gasteiger partial charge in [0.25, 0.3) is 11.8 Å². The van der Waals surface area contributed by atoms with Gasteiger partial charge >= 0.3 is 11.9 Å². The summed E-state index contributed by atoms with van der Waals surface area (Å²) in [5, 5.41) is 0.000761. The average molecular weight is 564 g/mol. The lowest BCUT2D eigenvalue weighted by Crippen LogP contribution is -2.40. The van der Waals surface area contributed by atoms with Gasteiger partial charge < -0.3 is 14.2 Å². The van der Waals surface area contributed by atoms with Gasteiger partial charge in [0.2, 0.25) is 0 Å². The molecule has 202 valence electrons. The van der Waals surface area contributed by atoms with Crippen LogP contribution in [0.4, 0.5) is 10.1 Å². The summed E-state index contributed by atoms with van der Waals surface area (Å²) in [6, 6.07) is 10.1. The van der Waals surface area contributed by atoms with Crippen LogP contribution >= 0.6 is 23.4 Å². The number of anilines is 1. The van der Waals surface area contributed by atoms with Crippen molar-refractivity contribution in [3.8, 4) is 0 Å². The lowest BCUT2D eigenvalue weighted by Gasteiger charge is -2.26. The van der Waals surface area contributed by atoms with Gasteiger partial charge in [-0.05, 0) is 56.9 Å². The van der Waals surface area contributed by atoms with E-state index in [1.165, 1.54) is 25.3 Å². The van der Waals surface area contributed by atoms with Crippen LogP contribution in [0.2, 0.25) is 5.02 Å². The highest BCUT2D eigenvalue weighted by Crippen LogP contribution is 2.36. The highest BCUT2D eigenvalue weighted by molar-refractivity contribution is 8.00. The second-order valence-electron chi connectivity index (χ2n) is 8.14. The first-order chi connectivity index (χ1) is 18.3. The van der Waals surface area contributed by atoms with Crippen molar-refractivity contribution in [2.45, 2.75) is 37.5 Å². The zero-order chi connectivity index (χ0) is 27.7. The first-order valence-electron chi connectivity index (χ1n) is 11.9. The number of esters is 2. The summed E-state index contributed by atoms with van der Waals surface area (Å²) >= 11 is 7.20. The van der Waals surface area contributed by atoms with E-state index in [-0.39, 0.29) is 64.3 Å². The van der Waals surface area contributed by atoms with Crippen molar-refractivity contribution in [3.05, 3.63) is 70.0 Å². The molecule has 0 aliphatic heterocycles. The van der Waals surface area contributed by atoms with Gasteiger partial charge in [0, 0.05) is 28.7 Å². The first-order valence-corrected chi connectivity index (χ1v) is 13.2. The second kappa shape index (κ2) is 14.1. The lowest BCUT2D eigenvalue weighted by atomic mass is 9.90. The Morgan fingerprint density at radius 1 is 1.00 bits per heavy atom. The monoisotopic (exact) mass is 563 g/mol. The molecule has 0 saturated carbocycles. The van der Waals surface area contributed by atoms with Gasteiger partial charge in [0.15, 0.2) is 6.79 Å². The standard InChI is InChI=1S/C27H27ClFNO7S/c1-3-36-24(31)15-38-23-14-22(21(29)13-20(23)28)30(25(32)17-9-5-4-6-10-17)26(33)18-11-7-8-12-19(18)27(34)37-16-35-2/h4-6,9-10,13-14H,3,7-8,11-12,15-16H2,1-2H3. The number of amides is 2. The van der Waals surface area contributed by atoms with Crippen LogP contribution in [0, 0.1) is 5.82 Å². The predicted molar refractivity (Wildman–Crippen MR) is 140 cm³/mol. The molecular formula is C27H27ClFNO7S. The van der Waals surface area contributed by atoms with Gasteiger partial charge in [-0.15, -0.1) is 11.8 Å². The van der Waals surface area contributed by atoms with E-state index in [0.29, 0.717) is 17.7 Å². The minimum atomic E-state index is -0.923. The highest BCUT2D eigenvalue weighted by atomic mass is 35.5. The SMILES string of the molecule is CCOC(=O)CSc1cc(N(C(=O)C2=C(C(=O)OCOC)CCCC2)C(=O)c2ccccc2)c(F)cc1Cl. The molecule has 0 bridgehead atoms. The third kappa shape index (κ3) is 7.21. The number of hydrogen-bond donors (Lipinski definition) is 0. The Morgan fingerprint density at radius 3 is 2.34 bits per heavy atom. The van der Waals surface area contributed by atoms with Crippen molar-refractivity contribution in [1.82, 2.24) is 0 Å². The molecule has 38 heavy (non-hydrogen) atoms. The summed E-state index contributed by atoms with van der Waals surface area (Å²) in [4.78, 5) is 53.1. The number of nitrogens with zero attached hydrogens (tertiary/aromatic N) is 1. The summed E-state index contributed by atoms with van der Waals surface area (Å²) < 4.78 is 30.2. The molecule has 0 fully saturated rings. The van der Waals surface area contributed by atoms with Crippen molar-refractivity contribution in [2.75, 3.05) is 31.2 Å². The molecule has 2 aromatic rings. The first kappa shape index (κ1) is 29.3. The topological polar surface area (TPSA) is 99.2 Å². The molecule has 2 aromatic carbocycles. The summed E-state index contributed by atoms with van der Waals surface area (Å²) in [5.41, 5.74) is -0.0368. The van der Waals surface area contributed by atoms with Crippen LogP contribution in [-0.2, 0) is 28.6 Å². The predicted octanol–water partition coefficient (Wildman–Crippen LogP) is 5.33. The fourth-order valence-electron chi connectivity index (χ4n) is 3.86. The lowest BCUT2D eigenvalue weighted by molar-refractivity contribution is -0.149. The van der Waals surface area contributed by atoms with E-state index in [4.69, 9.17) is 25.8 Å². The van der Waals surface area contributed by atoms with Crippen LogP contribution < -0.4 is 4.90 Å². The van der Waals surface area contributed by atoms with Crippen LogP contribution in [0.5, 0.6) is 0 Å².